The summed E-state index contributed by atoms with van der Waals surface area (Å²) in [4.78, 5) is 28.4. The van der Waals surface area contributed by atoms with Crippen LogP contribution in [0.2, 0.25) is 0 Å². The van der Waals surface area contributed by atoms with Crippen molar-refractivity contribution in [3.05, 3.63) is 0 Å². The molecule has 0 aliphatic carbocycles. The highest BCUT2D eigenvalue weighted by molar-refractivity contribution is 7.30. The number of hydrogen-bond donors (Lipinski definition) is 2. The Labute approximate surface area is 111 Å². The molecule has 0 radical (unpaired) electrons. The standard InChI is InChI=1S/C12H25NO.HO3P/c1-7-11(8-2)12(14)13(9(3)4)10(5)6;1-4(2)3/h9-11H,7-8H2,1-6H3;(H-,1,2,3)/p+1. The minimum atomic E-state index is -2.87. The minimum Gasteiger partial charge on any atom is -0.338 e. The molecule has 0 saturated heterocycles. The zero-order valence-electron chi connectivity index (χ0n) is 12.3. The van der Waals surface area contributed by atoms with Crippen molar-refractivity contribution in [2.24, 2.45) is 5.92 Å². The van der Waals surface area contributed by atoms with Gasteiger partial charge in [0.15, 0.2) is 0 Å². The summed E-state index contributed by atoms with van der Waals surface area (Å²) >= 11 is 0. The lowest BCUT2D eigenvalue weighted by Crippen LogP contribution is -2.45. The molecular formula is C12H27NO4P+. The Balaban J connectivity index is 0. The Hall–Kier alpha value is -0.510. The Kier molecular flexibility index (Phi) is 11.5. The second kappa shape index (κ2) is 10.4. The summed E-state index contributed by atoms with van der Waals surface area (Å²) in [6, 6.07) is 0.617. The van der Waals surface area contributed by atoms with Crippen molar-refractivity contribution in [1.82, 2.24) is 4.90 Å². The fourth-order valence-electron chi connectivity index (χ4n) is 1.95. The third-order valence-corrected chi connectivity index (χ3v) is 2.70. The van der Waals surface area contributed by atoms with Gasteiger partial charge in [0.1, 0.15) is 0 Å². The predicted molar refractivity (Wildman–Crippen MR) is 73.2 cm³/mol. The van der Waals surface area contributed by atoms with Crippen LogP contribution in [0.25, 0.3) is 0 Å². The highest BCUT2D eigenvalue weighted by Gasteiger charge is 2.25. The normalized spacial score (nSPS) is 10.4. The van der Waals surface area contributed by atoms with Crippen LogP contribution in [0.4, 0.5) is 0 Å². The lowest BCUT2D eigenvalue weighted by molar-refractivity contribution is -0.139. The van der Waals surface area contributed by atoms with E-state index in [1.165, 1.54) is 0 Å². The lowest BCUT2D eigenvalue weighted by atomic mass is 10.00. The van der Waals surface area contributed by atoms with Crippen LogP contribution in [0, 0.1) is 5.92 Å². The third-order valence-electron chi connectivity index (χ3n) is 2.70. The molecule has 0 aliphatic rings. The zero-order chi connectivity index (χ0) is 14.9. The highest BCUT2D eigenvalue weighted by Crippen LogP contribution is 2.16. The average Bonchev–Trinajstić information content (AvgIpc) is 2.17. The Bertz CT molecular complexity index is 240. The topological polar surface area (TPSA) is 77.8 Å². The molecule has 0 bridgehead atoms. The fraction of sp³-hybridized carbons (Fsp3) is 0.917. The van der Waals surface area contributed by atoms with Gasteiger partial charge in [-0.15, -0.1) is 9.79 Å². The van der Waals surface area contributed by atoms with Crippen LogP contribution in [0.15, 0.2) is 0 Å². The molecule has 5 nitrogen and oxygen atoms in total. The molecule has 1 amide bonds. The number of carbonyl (C=O) groups excluding carboxylic acids is 1. The second-order valence-corrected chi connectivity index (χ2v) is 5.20. The first-order chi connectivity index (χ1) is 8.18. The summed E-state index contributed by atoms with van der Waals surface area (Å²) in [7, 11) is -2.87. The van der Waals surface area contributed by atoms with Crippen molar-refractivity contribution in [2.75, 3.05) is 0 Å². The SMILES string of the molecule is CCC(CC)C(=O)N(C(C)C)C(C)C.O=[P+](O)O. The molecule has 0 fully saturated rings. The summed E-state index contributed by atoms with van der Waals surface area (Å²) in [5, 5.41) is 0. The van der Waals surface area contributed by atoms with Crippen LogP contribution in [-0.2, 0) is 9.36 Å². The quantitative estimate of drug-likeness (QED) is 0.759. The maximum atomic E-state index is 12.1. The van der Waals surface area contributed by atoms with Crippen molar-refractivity contribution < 1.29 is 19.1 Å². The van der Waals surface area contributed by atoms with Gasteiger partial charge < -0.3 is 4.90 Å². The smallest absolute Gasteiger partial charge is 0.338 e. The van der Waals surface area contributed by atoms with Crippen molar-refractivity contribution >= 4 is 14.2 Å². The number of rotatable bonds is 5. The first-order valence-corrected chi connectivity index (χ1v) is 7.52. The molecule has 0 unspecified atom stereocenters. The number of nitrogens with zero attached hydrogens (tertiary/aromatic N) is 1. The molecule has 0 aromatic rings. The van der Waals surface area contributed by atoms with E-state index in [1.807, 2.05) is 4.90 Å². The third kappa shape index (κ3) is 8.56. The number of hydrogen-bond acceptors (Lipinski definition) is 2. The monoisotopic (exact) mass is 280 g/mol. The Morgan fingerprint density at radius 2 is 1.33 bits per heavy atom. The zero-order valence-corrected chi connectivity index (χ0v) is 13.1. The Morgan fingerprint density at radius 1 is 1.06 bits per heavy atom. The summed E-state index contributed by atoms with van der Waals surface area (Å²) in [5.41, 5.74) is 0. The first-order valence-electron chi connectivity index (χ1n) is 6.36. The van der Waals surface area contributed by atoms with E-state index >= 15 is 0 Å². The van der Waals surface area contributed by atoms with E-state index in [9.17, 15) is 4.79 Å². The van der Waals surface area contributed by atoms with E-state index < -0.39 is 8.25 Å². The Morgan fingerprint density at radius 3 is 1.50 bits per heavy atom. The van der Waals surface area contributed by atoms with Gasteiger partial charge in [0.25, 0.3) is 0 Å². The van der Waals surface area contributed by atoms with Gasteiger partial charge in [-0.05, 0) is 40.5 Å². The molecule has 108 valence electrons. The van der Waals surface area contributed by atoms with Gasteiger partial charge in [-0.2, -0.15) is 0 Å². The number of amides is 1. The van der Waals surface area contributed by atoms with Crippen LogP contribution in [0.1, 0.15) is 54.4 Å². The first kappa shape index (κ1) is 19.8. The molecule has 18 heavy (non-hydrogen) atoms. The number of carbonyl (C=O) groups is 1. The molecule has 0 spiro atoms. The van der Waals surface area contributed by atoms with Gasteiger partial charge in [-0.3, -0.25) is 4.79 Å². The van der Waals surface area contributed by atoms with Crippen molar-refractivity contribution in [3.8, 4) is 0 Å². The maximum Gasteiger partial charge on any atom is 0.692 e. The largest absolute Gasteiger partial charge is 0.692 e. The maximum absolute atomic E-state index is 12.1. The van der Waals surface area contributed by atoms with Crippen LogP contribution < -0.4 is 0 Å². The van der Waals surface area contributed by atoms with Crippen LogP contribution in [0.3, 0.4) is 0 Å². The molecule has 0 aromatic carbocycles. The van der Waals surface area contributed by atoms with Crippen molar-refractivity contribution in [1.29, 1.82) is 0 Å². The van der Waals surface area contributed by atoms with Crippen molar-refractivity contribution in [2.45, 2.75) is 66.5 Å². The minimum absolute atomic E-state index is 0.208. The fourth-order valence-corrected chi connectivity index (χ4v) is 1.95. The van der Waals surface area contributed by atoms with Gasteiger partial charge in [0.2, 0.25) is 5.91 Å². The van der Waals surface area contributed by atoms with Gasteiger partial charge >= 0.3 is 8.25 Å². The molecule has 0 saturated carbocycles. The molecular weight excluding hydrogens is 253 g/mol. The molecule has 0 rings (SSSR count). The predicted octanol–water partition coefficient (Wildman–Crippen LogP) is 2.70. The molecule has 0 aliphatic heterocycles. The summed E-state index contributed by atoms with van der Waals surface area (Å²) in [6.45, 7) is 12.5. The average molecular weight is 280 g/mol. The van der Waals surface area contributed by atoms with Crippen LogP contribution >= 0.6 is 8.25 Å². The molecule has 0 aromatic heterocycles. The van der Waals surface area contributed by atoms with E-state index in [4.69, 9.17) is 14.4 Å². The summed E-state index contributed by atoms with van der Waals surface area (Å²) in [6.07, 6.45) is 1.90. The summed E-state index contributed by atoms with van der Waals surface area (Å²) in [5.74, 6) is 0.528. The lowest BCUT2D eigenvalue weighted by Gasteiger charge is -2.33. The van der Waals surface area contributed by atoms with E-state index in [-0.39, 0.29) is 5.92 Å². The van der Waals surface area contributed by atoms with E-state index in [1.54, 1.807) is 0 Å². The van der Waals surface area contributed by atoms with Crippen LogP contribution in [0.5, 0.6) is 0 Å². The van der Waals surface area contributed by atoms with E-state index in [0.717, 1.165) is 12.8 Å². The van der Waals surface area contributed by atoms with E-state index in [0.29, 0.717) is 18.0 Å². The van der Waals surface area contributed by atoms with Gasteiger partial charge in [-0.25, -0.2) is 0 Å². The van der Waals surface area contributed by atoms with Gasteiger partial charge in [-0.1, -0.05) is 13.8 Å². The highest BCUT2D eigenvalue weighted by atomic mass is 31.1. The van der Waals surface area contributed by atoms with Crippen molar-refractivity contribution in [3.63, 3.8) is 0 Å². The molecule has 0 heterocycles. The molecule has 0 atom stereocenters. The van der Waals surface area contributed by atoms with Gasteiger partial charge in [0.05, 0.1) is 0 Å². The second-order valence-electron chi connectivity index (χ2n) is 4.70. The van der Waals surface area contributed by atoms with Gasteiger partial charge in [0, 0.05) is 22.6 Å². The molecule has 6 heteroatoms. The van der Waals surface area contributed by atoms with Crippen LogP contribution in [-0.4, -0.2) is 32.7 Å². The van der Waals surface area contributed by atoms with E-state index in [2.05, 4.69) is 41.5 Å². The molecule has 2 N–H and O–H groups in total. The summed E-state index contributed by atoms with van der Waals surface area (Å²) < 4.78 is 8.70.